The molecule has 1 aliphatic rings. The molecule has 11 heteroatoms. The summed E-state index contributed by atoms with van der Waals surface area (Å²) in [5.74, 6) is 0.149. The van der Waals surface area contributed by atoms with Gasteiger partial charge in [0.2, 0.25) is 5.88 Å². The minimum Gasteiger partial charge on any atom is -0.481 e. The summed E-state index contributed by atoms with van der Waals surface area (Å²) < 4.78 is 26.3. The molecular weight excluding hydrogens is 307 g/mol. The molecule has 1 saturated heterocycles. The van der Waals surface area contributed by atoms with Crippen LogP contribution >= 0.6 is 7.82 Å². The van der Waals surface area contributed by atoms with Gasteiger partial charge in [-0.25, -0.2) is 9.36 Å². The second-order valence-corrected chi connectivity index (χ2v) is 5.62. The Morgan fingerprint density at radius 3 is 2.86 bits per heavy atom. The van der Waals surface area contributed by atoms with E-state index >= 15 is 0 Å². The van der Waals surface area contributed by atoms with Crippen LogP contribution in [0.5, 0.6) is 5.88 Å². The van der Waals surface area contributed by atoms with Crippen LogP contribution in [0.4, 0.5) is 0 Å². The van der Waals surface area contributed by atoms with Gasteiger partial charge in [0.25, 0.3) is 0 Å². The van der Waals surface area contributed by atoms with Crippen molar-refractivity contribution in [3.8, 4) is 5.88 Å². The molecule has 118 valence electrons. The fourth-order valence-corrected chi connectivity index (χ4v) is 2.28. The number of aromatic nitrogens is 2. The van der Waals surface area contributed by atoms with Crippen molar-refractivity contribution in [2.75, 3.05) is 13.7 Å². The zero-order valence-electron chi connectivity index (χ0n) is 11.0. The molecule has 1 aliphatic heterocycles. The minimum atomic E-state index is -4.65. The maximum atomic E-state index is 11.8. The molecule has 2 heterocycles. The number of phosphoric acid groups is 1. The topological polar surface area (TPSA) is 140 Å². The summed E-state index contributed by atoms with van der Waals surface area (Å²) in [7, 11) is -3.27. The van der Waals surface area contributed by atoms with Crippen LogP contribution in [-0.2, 0) is 13.8 Å². The molecular formula is C10H15N2O8P. The van der Waals surface area contributed by atoms with Gasteiger partial charge < -0.3 is 24.4 Å². The molecule has 2 rings (SSSR count). The average Bonchev–Trinajstić information content (AvgIpc) is 2.76. The fourth-order valence-electron chi connectivity index (χ4n) is 1.94. The lowest BCUT2D eigenvalue weighted by Crippen LogP contribution is -2.28. The van der Waals surface area contributed by atoms with Gasteiger partial charge in [-0.1, -0.05) is 0 Å². The van der Waals surface area contributed by atoms with Crippen molar-refractivity contribution < 1.29 is 33.5 Å². The SMILES string of the molecule is COc1ccn(C2CC(O)C(COP(=O)(O)O)O2)c(=O)n1. The monoisotopic (exact) mass is 322 g/mol. The molecule has 1 fully saturated rings. The Kier molecular flexibility index (Phi) is 4.77. The van der Waals surface area contributed by atoms with E-state index in [9.17, 15) is 14.5 Å². The molecule has 0 saturated carbocycles. The quantitative estimate of drug-likeness (QED) is 0.583. The Bertz CT molecular complexity index is 599. The van der Waals surface area contributed by atoms with E-state index in [0.717, 1.165) is 4.57 Å². The summed E-state index contributed by atoms with van der Waals surface area (Å²) in [5.41, 5.74) is -0.622. The van der Waals surface area contributed by atoms with Crippen molar-refractivity contribution in [1.29, 1.82) is 0 Å². The second kappa shape index (κ2) is 6.22. The number of ether oxygens (including phenoxy) is 2. The van der Waals surface area contributed by atoms with Crippen molar-refractivity contribution in [1.82, 2.24) is 9.55 Å². The Labute approximate surface area is 119 Å². The number of rotatable bonds is 5. The highest BCUT2D eigenvalue weighted by Gasteiger charge is 2.37. The van der Waals surface area contributed by atoms with Crippen LogP contribution in [0.25, 0.3) is 0 Å². The summed E-state index contributed by atoms with van der Waals surface area (Å²) in [4.78, 5) is 32.7. The van der Waals surface area contributed by atoms with Gasteiger partial charge >= 0.3 is 13.5 Å². The predicted molar refractivity (Wildman–Crippen MR) is 67.6 cm³/mol. The van der Waals surface area contributed by atoms with Gasteiger partial charge in [0, 0.05) is 18.7 Å². The van der Waals surface area contributed by atoms with Crippen LogP contribution in [0, 0.1) is 0 Å². The zero-order chi connectivity index (χ0) is 15.6. The van der Waals surface area contributed by atoms with Gasteiger partial charge in [0.1, 0.15) is 12.3 Å². The number of methoxy groups -OCH3 is 1. The highest BCUT2D eigenvalue weighted by Crippen LogP contribution is 2.38. The molecule has 1 aromatic rings. The first kappa shape index (κ1) is 16.1. The number of nitrogens with zero attached hydrogens (tertiary/aromatic N) is 2. The normalized spacial score (nSPS) is 26.0. The Hall–Kier alpha value is -1.29. The molecule has 1 aromatic heterocycles. The van der Waals surface area contributed by atoms with Crippen LogP contribution in [-0.4, -0.2) is 50.4 Å². The molecule has 0 bridgehead atoms. The first-order valence-electron chi connectivity index (χ1n) is 5.97. The number of hydrogen-bond acceptors (Lipinski definition) is 7. The van der Waals surface area contributed by atoms with Gasteiger partial charge in [-0.05, 0) is 0 Å². The van der Waals surface area contributed by atoms with Crippen LogP contribution in [0.3, 0.4) is 0 Å². The second-order valence-electron chi connectivity index (χ2n) is 4.38. The summed E-state index contributed by atoms with van der Waals surface area (Å²) in [6.07, 6.45) is -1.29. The molecule has 3 atom stereocenters. The first-order valence-corrected chi connectivity index (χ1v) is 7.50. The first-order chi connectivity index (χ1) is 9.80. The van der Waals surface area contributed by atoms with E-state index in [1.54, 1.807) is 0 Å². The van der Waals surface area contributed by atoms with E-state index in [0.29, 0.717) is 0 Å². The van der Waals surface area contributed by atoms with Crippen molar-refractivity contribution in [3.05, 3.63) is 22.7 Å². The molecule has 10 nitrogen and oxygen atoms in total. The lowest BCUT2D eigenvalue weighted by atomic mass is 10.2. The van der Waals surface area contributed by atoms with E-state index in [1.165, 1.54) is 19.4 Å². The van der Waals surface area contributed by atoms with Gasteiger partial charge in [-0.3, -0.25) is 9.09 Å². The molecule has 0 amide bonds. The molecule has 0 radical (unpaired) electrons. The molecule has 21 heavy (non-hydrogen) atoms. The third-order valence-electron chi connectivity index (χ3n) is 2.93. The third-order valence-corrected chi connectivity index (χ3v) is 3.42. The minimum absolute atomic E-state index is 0.0725. The van der Waals surface area contributed by atoms with Gasteiger partial charge in [-0.15, -0.1) is 0 Å². The lowest BCUT2D eigenvalue weighted by Gasteiger charge is -2.16. The smallest absolute Gasteiger partial charge is 0.469 e. The average molecular weight is 322 g/mol. The molecule has 3 N–H and O–H groups in total. The molecule has 0 spiro atoms. The largest absolute Gasteiger partial charge is 0.481 e. The van der Waals surface area contributed by atoms with Gasteiger partial charge in [0.05, 0.1) is 19.8 Å². The van der Waals surface area contributed by atoms with Crippen molar-refractivity contribution in [2.45, 2.75) is 24.9 Å². The van der Waals surface area contributed by atoms with Crippen LogP contribution in [0.15, 0.2) is 17.1 Å². The van der Waals surface area contributed by atoms with Crippen LogP contribution < -0.4 is 10.4 Å². The summed E-state index contributed by atoms with van der Waals surface area (Å²) in [6, 6.07) is 1.45. The summed E-state index contributed by atoms with van der Waals surface area (Å²) in [5, 5.41) is 9.79. The van der Waals surface area contributed by atoms with Gasteiger partial charge in [0.15, 0.2) is 0 Å². The third kappa shape index (κ3) is 4.10. The van der Waals surface area contributed by atoms with E-state index in [1.807, 2.05) is 0 Å². The maximum absolute atomic E-state index is 11.8. The number of aliphatic hydroxyl groups excluding tert-OH is 1. The summed E-state index contributed by atoms with van der Waals surface area (Å²) >= 11 is 0. The summed E-state index contributed by atoms with van der Waals surface area (Å²) in [6.45, 7) is -0.486. The molecule has 0 aromatic carbocycles. The molecule has 3 unspecified atom stereocenters. The van der Waals surface area contributed by atoms with E-state index in [4.69, 9.17) is 19.3 Å². The molecule has 0 aliphatic carbocycles. The highest BCUT2D eigenvalue weighted by atomic mass is 31.2. The maximum Gasteiger partial charge on any atom is 0.469 e. The van der Waals surface area contributed by atoms with Gasteiger partial charge in [-0.2, -0.15) is 4.98 Å². The lowest BCUT2D eigenvalue weighted by molar-refractivity contribution is -0.0451. The number of phosphoric ester groups is 1. The Balaban J connectivity index is 2.07. The van der Waals surface area contributed by atoms with Crippen LogP contribution in [0.1, 0.15) is 12.6 Å². The van der Waals surface area contributed by atoms with Crippen molar-refractivity contribution in [3.63, 3.8) is 0 Å². The zero-order valence-corrected chi connectivity index (χ0v) is 11.9. The standard InChI is InChI=1S/C10H15N2O8P/c1-18-8-2-3-12(10(14)11-8)9-4-6(13)7(20-9)5-19-21(15,16)17/h2-3,6-7,9,13H,4-5H2,1H3,(H2,15,16,17). The van der Waals surface area contributed by atoms with E-state index in [-0.39, 0.29) is 12.3 Å². The van der Waals surface area contributed by atoms with Crippen molar-refractivity contribution in [2.24, 2.45) is 0 Å². The Morgan fingerprint density at radius 1 is 1.57 bits per heavy atom. The highest BCUT2D eigenvalue weighted by molar-refractivity contribution is 7.46. The predicted octanol–water partition coefficient (Wildman–Crippen LogP) is -0.990. The number of aliphatic hydroxyl groups is 1. The Morgan fingerprint density at radius 2 is 2.29 bits per heavy atom. The van der Waals surface area contributed by atoms with Crippen molar-refractivity contribution >= 4 is 7.82 Å². The van der Waals surface area contributed by atoms with E-state index < -0.39 is 38.6 Å². The fraction of sp³-hybridized carbons (Fsp3) is 0.600. The van der Waals surface area contributed by atoms with E-state index in [2.05, 4.69) is 9.51 Å². The van der Waals surface area contributed by atoms with Crippen LogP contribution in [0.2, 0.25) is 0 Å². The number of hydrogen-bond donors (Lipinski definition) is 3.